The van der Waals surface area contributed by atoms with Crippen LogP contribution in [0.4, 0.5) is 5.82 Å². The fourth-order valence-electron chi connectivity index (χ4n) is 1.57. The van der Waals surface area contributed by atoms with Crippen LogP contribution in [-0.2, 0) is 6.54 Å². The molecule has 0 radical (unpaired) electrons. The predicted molar refractivity (Wildman–Crippen MR) is 55.0 cm³/mol. The van der Waals surface area contributed by atoms with Crippen molar-refractivity contribution in [2.24, 2.45) is 0 Å². The average Bonchev–Trinajstić information content (AvgIpc) is 2.88. The van der Waals surface area contributed by atoms with Crippen LogP contribution in [0.2, 0.25) is 0 Å². The fourth-order valence-corrected chi connectivity index (χ4v) is 1.57. The lowest BCUT2D eigenvalue weighted by molar-refractivity contribution is 0.366. The van der Waals surface area contributed by atoms with Gasteiger partial charge in [-0.25, -0.2) is 4.68 Å². The highest BCUT2D eigenvalue weighted by Crippen LogP contribution is 2.41. The second-order valence-electron chi connectivity index (χ2n) is 4.16. The first-order valence-corrected chi connectivity index (χ1v) is 5.02. The molecule has 78 valence electrons. The number of nitrogens with two attached hydrogens (primary N) is 1. The summed E-state index contributed by atoms with van der Waals surface area (Å²) in [5.74, 6) is 1.23. The maximum absolute atomic E-state index is 5.78. The van der Waals surface area contributed by atoms with Crippen LogP contribution in [0.25, 0.3) is 0 Å². The molecule has 1 aromatic heterocycles. The van der Waals surface area contributed by atoms with E-state index >= 15 is 0 Å². The van der Waals surface area contributed by atoms with Crippen LogP contribution in [0.1, 0.15) is 24.5 Å². The van der Waals surface area contributed by atoms with Crippen LogP contribution in [0.3, 0.4) is 0 Å². The van der Waals surface area contributed by atoms with E-state index in [1.165, 1.54) is 12.8 Å². The molecule has 14 heavy (non-hydrogen) atoms. The monoisotopic (exact) mass is 195 g/mol. The molecule has 0 amide bonds. The molecule has 0 aliphatic heterocycles. The number of hydrogen-bond donors (Lipinski definition) is 1. The summed E-state index contributed by atoms with van der Waals surface area (Å²) in [4.78, 5) is 2.13. The molecule has 0 saturated heterocycles. The van der Waals surface area contributed by atoms with Gasteiger partial charge < -0.3 is 10.6 Å². The van der Waals surface area contributed by atoms with Crippen molar-refractivity contribution in [2.75, 3.05) is 26.4 Å². The smallest absolute Gasteiger partial charge is 0.169 e. The third kappa shape index (κ3) is 1.87. The van der Waals surface area contributed by atoms with Gasteiger partial charge >= 0.3 is 0 Å². The maximum Gasteiger partial charge on any atom is 0.169 e. The van der Waals surface area contributed by atoms with Crippen molar-refractivity contribution in [3.63, 3.8) is 0 Å². The topological polar surface area (TPSA) is 60.0 Å². The Hall–Kier alpha value is -1.10. The zero-order chi connectivity index (χ0) is 10.1. The van der Waals surface area contributed by atoms with Gasteiger partial charge in [-0.15, -0.1) is 5.10 Å². The second-order valence-corrected chi connectivity index (χ2v) is 4.16. The number of nitrogen functional groups attached to an aromatic ring is 1. The Bertz CT molecular complexity index is 313. The van der Waals surface area contributed by atoms with E-state index in [9.17, 15) is 0 Å². The highest BCUT2D eigenvalue weighted by atomic mass is 15.4. The standard InChI is InChI=1S/C9H17N5/c1-13(2)5-6-14-8(7-3-4-7)9(10)11-12-14/h7H,3-6,10H2,1-2H3. The molecule has 0 unspecified atom stereocenters. The van der Waals surface area contributed by atoms with Crippen LogP contribution in [0, 0.1) is 0 Å². The molecule has 0 bridgehead atoms. The van der Waals surface area contributed by atoms with E-state index in [1.807, 2.05) is 4.68 Å². The molecule has 2 N–H and O–H groups in total. The lowest BCUT2D eigenvalue weighted by Gasteiger charge is -2.10. The molecule has 0 spiro atoms. The van der Waals surface area contributed by atoms with Gasteiger partial charge in [0.05, 0.1) is 12.2 Å². The third-order valence-electron chi connectivity index (χ3n) is 2.52. The van der Waals surface area contributed by atoms with Crippen molar-refractivity contribution >= 4 is 5.82 Å². The van der Waals surface area contributed by atoms with E-state index in [0.29, 0.717) is 11.7 Å². The van der Waals surface area contributed by atoms with Gasteiger partial charge in [-0.3, -0.25) is 0 Å². The molecule has 1 aliphatic carbocycles. The predicted octanol–water partition coefficient (Wildman–Crippen LogP) is 0.299. The van der Waals surface area contributed by atoms with E-state index in [1.54, 1.807) is 0 Å². The number of likely N-dealkylation sites (N-methyl/N-ethyl adjacent to an activating group) is 1. The van der Waals surface area contributed by atoms with Gasteiger partial charge in [-0.05, 0) is 26.9 Å². The lowest BCUT2D eigenvalue weighted by atomic mass is 10.3. The van der Waals surface area contributed by atoms with Gasteiger partial charge in [0.15, 0.2) is 5.82 Å². The summed E-state index contributed by atoms with van der Waals surface area (Å²) in [6, 6.07) is 0. The first kappa shape index (κ1) is 9.45. The van der Waals surface area contributed by atoms with Crippen molar-refractivity contribution < 1.29 is 0 Å². The minimum absolute atomic E-state index is 0.617. The van der Waals surface area contributed by atoms with Gasteiger partial charge in [0, 0.05) is 12.5 Å². The number of nitrogens with zero attached hydrogens (tertiary/aromatic N) is 4. The molecule has 1 fully saturated rings. The maximum atomic E-state index is 5.78. The number of aromatic nitrogens is 3. The molecular formula is C9H17N5. The van der Waals surface area contributed by atoms with Gasteiger partial charge in [0.25, 0.3) is 0 Å². The number of hydrogen-bond acceptors (Lipinski definition) is 4. The summed E-state index contributed by atoms with van der Waals surface area (Å²) in [5, 5.41) is 7.99. The molecule has 1 aromatic rings. The van der Waals surface area contributed by atoms with E-state index in [-0.39, 0.29) is 0 Å². The van der Waals surface area contributed by atoms with Gasteiger partial charge in [0.1, 0.15) is 0 Å². The number of anilines is 1. The minimum atomic E-state index is 0.617. The summed E-state index contributed by atoms with van der Waals surface area (Å²) in [6.45, 7) is 1.85. The number of rotatable bonds is 4. The van der Waals surface area contributed by atoms with Crippen LogP contribution >= 0.6 is 0 Å². The summed E-state index contributed by atoms with van der Waals surface area (Å²) in [6.07, 6.45) is 2.47. The van der Waals surface area contributed by atoms with Gasteiger partial charge in [0.2, 0.25) is 0 Å². The Morgan fingerprint density at radius 3 is 2.79 bits per heavy atom. The summed E-state index contributed by atoms with van der Waals surface area (Å²) in [5.41, 5.74) is 6.93. The Labute approximate surface area is 83.9 Å². The first-order chi connectivity index (χ1) is 6.68. The van der Waals surface area contributed by atoms with Crippen molar-refractivity contribution in [3.8, 4) is 0 Å². The highest BCUT2D eigenvalue weighted by molar-refractivity contribution is 5.38. The zero-order valence-electron chi connectivity index (χ0n) is 8.77. The molecule has 1 aliphatic rings. The van der Waals surface area contributed by atoms with E-state index in [0.717, 1.165) is 18.8 Å². The quantitative estimate of drug-likeness (QED) is 0.750. The zero-order valence-corrected chi connectivity index (χ0v) is 8.77. The van der Waals surface area contributed by atoms with Crippen molar-refractivity contribution in [1.82, 2.24) is 19.9 Å². The largest absolute Gasteiger partial charge is 0.381 e. The van der Waals surface area contributed by atoms with Crippen molar-refractivity contribution in [2.45, 2.75) is 25.3 Å². The van der Waals surface area contributed by atoms with Gasteiger partial charge in [-0.1, -0.05) is 5.21 Å². The first-order valence-electron chi connectivity index (χ1n) is 5.02. The lowest BCUT2D eigenvalue weighted by Crippen LogP contribution is -2.20. The highest BCUT2D eigenvalue weighted by Gasteiger charge is 2.30. The summed E-state index contributed by atoms with van der Waals surface area (Å²) in [7, 11) is 4.11. The molecule has 2 rings (SSSR count). The Kier molecular flexibility index (Phi) is 2.41. The summed E-state index contributed by atoms with van der Waals surface area (Å²) >= 11 is 0. The van der Waals surface area contributed by atoms with Crippen LogP contribution in [-0.4, -0.2) is 40.5 Å². The second kappa shape index (κ2) is 3.57. The van der Waals surface area contributed by atoms with Crippen LogP contribution < -0.4 is 5.73 Å². The summed E-state index contributed by atoms with van der Waals surface area (Å²) < 4.78 is 1.95. The van der Waals surface area contributed by atoms with Crippen LogP contribution in [0.15, 0.2) is 0 Å². The minimum Gasteiger partial charge on any atom is -0.381 e. The molecule has 5 nitrogen and oxygen atoms in total. The molecular weight excluding hydrogens is 178 g/mol. The fraction of sp³-hybridized carbons (Fsp3) is 0.778. The SMILES string of the molecule is CN(C)CCn1nnc(N)c1C1CC1. The van der Waals surface area contributed by atoms with Crippen molar-refractivity contribution in [1.29, 1.82) is 0 Å². The Morgan fingerprint density at radius 1 is 1.50 bits per heavy atom. The van der Waals surface area contributed by atoms with Gasteiger partial charge in [-0.2, -0.15) is 0 Å². The molecule has 5 heteroatoms. The van der Waals surface area contributed by atoms with E-state index < -0.39 is 0 Å². The molecule has 1 saturated carbocycles. The van der Waals surface area contributed by atoms with Crippen LogP contribution in [0.5, 0.6) is 0 Å². The van der Waals surface area contributed by atoms with E-state index in [2.05, 4.69) is 29.3 Å². The van der Waals surface area contributed by atoms with Crippen molar-refractivity contribution in [3.05, 3.63) is 5.69 Å². The molecule has 1 heterocycles. The third-order valence-corrected chi connectivity index (χ3v) is 2.52. The molecule has 0 atom stereocenters. The Morgan fingerprint density at radius 2 is 2.21 bits per heavy atom. The molecule has 0 aromatic carbocycles. The van der Waals surface area contributed by atoms with E-state index in [4.69, 9.17) is 5.73 Å². The normalized spacial score (nSPS) is 16.5. The Balaban J connectivity index is 2.08. The average molecular weight is 195 g/mol.